The Morgan fingerprint density at radius 2 is 1.91 bits per heavy atom. The zero-order valence-corrected chi connectivity index (χ0v) is 26.1. The van der Waals surface area contributed by atoms with Crippen molar-refractivity contribution in [3.8, 4) is 5.75 Å². The summed E-state index contributed by atoms with van der Waals surface area (Å²) in [5.41, 5.74) is -0.461. The summed E-state index contributed by atoms with van der Waals surface area (Å²) in [7, 11) is -4.14. The van der Waals surface area contributed by atoms with E-state index in [1.54, 1.807) is 25.1 Å². The zero-order chi connectivity index (χ0) is 31.7. The Kier molecular flexibility index (Phi) is 9.58. The number of hydrogen-bond acceptors (Lipinski definition) is 6. The molecule has 44 heavy (non-hydrogen) atoms. The van der Waals surface area contributed by atoms with Gasteiger partial charge in [-0.15, -0.1) is 0 Å². The summed E-state index contributed by atoms with van der Waals surface area (Å²) in [6, 6.07) is 10.2. The molecule has 3 aliphatic rings. The van der Waals surface area contributed by atoms with Crippen LogP contribution >= 0.6 is 11.6 Å². The molecule has 5 rings (SSSR count). The minimum absolute atomic E-state index is 0.000701. The molecule has 1 amide bonds. The van der Waals surface area contributed by atoms with Crippen LogP contribution in [-0.4, -0.2) is 49.5 Å². The van der Waals surface area contributed by atoms with Gasteiger partial charge in [-0.05, 0) is 105 Å². The first-order valence-electron chi connectivity index (χ1n) is 15.1. The number of carbonyl (C=O) groups is 1. The largest absolute Gasteiger partial charge is 0.487 e. The van der Waals surface area contributed by atoms with Crippen LogP contribution in [0.15, 0.2) is 48.6 Å². The van der Waals surface area contributed by atoms with Gasteiger partial charge in [-0.3, -0.25) is 4.79 Å². The van der Waals surface area contributed by atoms with Crippen LogP contribution in [0.3, 0.4) is 0 Å². The van der Waals surface area contributed by atoms with E-state index in [1.165, 1.54) is 12.1 Å². The van der Waals surface area contributed by atoms with E-state index >= 15 is 0 Å². The first kappa shape index (κ1) is 32.6. The van der Waals surface area contributed by atoms with Crippen molar-refractivity contribution in [2.24, 2.45) is 11.8 Å². The fourth-order valence-corrected chi connectivity index (χ4v) is 8.18. The lowest BCUT2D eigenvalue weighted by Gasteiger charge is -2.48. The lowest BCUT2D eigenvalue weighted by molar-refractivity contribution is -0.273. The summed E-state index contributed by atoms with van der Waals surface area (Å²) in [5, 5.41) is 10.7. The number of aliphatic hydroxyl groups is 1. The minimum Gasteiger partial charge on any atom is -0.487 e. The maximum absolute atomic E-state index is 14.4. The number of amides is 1. The number of allylic oxidation sites excluding steroid dienone is 1. The topological polar surface area (TPSA) is 95.9 Å². The molecular formula is C32H38ClF3N2O5S. The van der Waals surface area contributed by atoms with E-state index in [0.29, 0.717) is 35.8 Å². The van der Waals surface area contributed by atoms with E-state index in [9.17, 15) is 31.5 Å². The number of carbonyl (C=O) groups excluding carboxylic acids is 1. The Balaban J connectivity index is 1.58. The maximum atomic E-state index is 14.4. The van der Waals surface area contributed by atoms with Crippen LogP contribution in [0.25, 0.3) is 0 Å². The van der Waals surface area contributed by atoms with Crippen molar-refractivity contribution in [1.82, 2.24) is 4.72 Å². The van der Waals surface area contributed by atoms with Crippen molar-refractivity contribution < 1.29 is 36.2 Å². The molecule has 12 heteroatoms. The van der Waals surface area contributed by atoms with E-state index in [2.05, 4.69) is 4.72 Å². The maximum Gasteiger partial charge on any atom is 0.421 e. The Bertz CT molecular complexity index is 1520. The van der Waals surface area contributed by atoms with Gasteiger partial charge in [-0.1, -0.05) is 30.7 Å². The van der Waals surface area contributed by atoms with E-state index in [0.717, 1.165) is 30.0 Å². The Morgan fingerprint density at radius 3 is 2.61 bits per heavy atom. The molecule has 0 aromatic heterocycles. The van der Waals surface area contributed by atoms with Gasteiger partial charge in [0, 0.05) is 29.6 Å². The third kappa shape index (κ3) is 6.74. The number of alkyl halides is 3. The first-order valence-corrected chi connectivity index (χ1v) is 17.1. The summed E-state index contributed by atoms with van der Waals surface area (Å²) < 4.78 is 78.1. The molecule has 2 bridgehead atoms. The fourth-order valence-electron chi connectivity index (χ4n) is 6.55. The quantitative estimate of drug-likeness (QED) is 0.338. The molecule has 0 unspecified atom stereocenters. The van der Waals surface area contributed by atoms with E-state index < -0.39 is 44.8 Å². The second kappa shape index (κ2) is 12.9. The number of fused-ring (bicyclic) bond motifs is 3. The third-order valence-electron chi connectivity index (χ3n) is 9.29. The molecule has 2 aromatic rings. The standard InChI is InChI=1S/C32H38ClF3N2O5S/c1-2-26-8-3-5-15-31(40,32(34,35)36)27-13-10-23(27)19-38-16-6-4-7-21-17-25(33)12-9-24(21)20-43-29-14-11-22(18-28(29)38)30(39)37-44(26,41)42/h5,9,11-12,14-15,17-18,23,26-27,40H,2-4,6-8,10,13,16,19-20H2,1H3,(H,37,39)/b15-5+/t23-,26+,27+,31-/m0/s1. The van der Waals surface area contributed by atoms with Crippen molar-refractivity contribution in [3.63, 3.8) is 0 Å². The molecule has 2 aromatic carbocycles. The Labute approximate surface area is 261 Å². The van der Waals surface area contributed by atoms with Gasteiger partial charge in [0.2, 0.25) is 10.0 Å². The van der Waals surface area contributed by atoms with Crippen LogP contribution in [-0.2, 0) is 23.1 Å². The van der Waals surface area contributed by atoms with Gasteiger partial charge in [0.25, 0.3) is 5.91 Å². The number of nitrogens with one attached hydrogen (secondary N) is 1. The van der Waals surface area contributed by atoms with Gasteiger partial charge in [0.1, 0.15) is 12.4 Å². The smallest absolute Gasteiger partial charge is 0.421 e. The average molecular weight is 655 g/mol. The molecule has 1 fully saturated rings. The van der Waals surface area contributed by atoms with Crippen LogP contribution < -0.4 is 14.4 Å². The molecule has 1 aliphatic carbocycles. The van der Waals surface area contributed by atoms with E-state index in [4.69, 9.17) is 16.3 Å². The highest BCUT2D eigenvalue weighted by molar-refractivity contribution is 7.90. The molecule has 0 radical (unpaired) electrons. The van der Waals surface area contributed by atoms with Crippen LogP contribution in [0.2, 0.25) is 5.02 Å². The summed E-state index contributed by atoms with van der Waals surface area (Å²) >= 11 is 6.26. The van der Waals surface area contributed by atoms with Gasteiger partial charge in [0.15, 0.2) is 5.60 Å². The molecule has 0 saturated heterocycles. The summed E-state index contributed by atoms with van der Waals surface area (Å²) in [6.45, 7) is 2.50. The van der Waals surface area contributed by atoms with E-state index in [1.807, 2.05) is 17.0 Å². The second-order valence-corrected chi connectivity index (χ2v) is 14.4. The molecule has 2 N–H and O–H groups in total. The lowest BCUT2D eigenvalue weighted by atomic mass is 9.64. The number of hydrogen-bond donors (Lipinski definition) is 2. The van der Waals surface area contributed by atoms with Crippen molar-refractivity contribution in [2.45, 2.75) is 81.9 Å². The number of aryl methyl sites for hydroxylation is 1. The molecular weight excluding hydrogens is 617 g/mol. The molecule has 1 saturated carbocycles. The van der Waals surface area contributed by atoms with Gasteiger partial charge in [0.05, 0.1) is 10.9 Å². The summed E-state index contributed by atoms with van der Waals surface area (Å²) in [4.78, 5) is 15.2. The number of anilines is 1. The molecule has 7 nitrogen and oxygen atoms in total. The number of sulfonamides is 1. The van der Waals surface area contributed by atoms with Crippen molar-refractivity contribution >= 4 is 33.2 Å². The Hall–Kier alpha value is -2.76. The molecule has 2 heterocycles. The predicted octanol–water partition coefficient (Wildman–Crippen LogP) is 6.57. The third-order valence-corrected chi connectivity index (χ3v) is 11.4. The predicted molar refractivity (Wildman–Crippen MR) is 163 cm³/mol. The minimum atomic E-state index is -4.91. The SMILES string of the molecule is CC[C@@H]1CC/C=C/[C@@](O)(C(F)(F)F)[C@@H]2CC[C@H]2CN2CCCCc3cc(Cl)ccc3COc3ccc(cc32)C(=O)NS1(=O)=O. The van der Waals surface area contributed by atoms with Gasteiger partial charge in [-0.2, -0.15) is 13.2 Å². The normalized spacial score (nSPS) is 28.6. The van der Waals surface area contributed by atoms with Gasteiger partial charge >= 0.3 is 6.18 Å². The number of rotatable bonds is 1. The van der Waals surface area contributed by atoms with Crippen molar-refractivity contribution in [1.29, 1.82) is 0 Å². The summed E-state index contributed by atoms with van der Waals surface area (Å²) in [5.74, 6) is -1.91. The molecule has 4 atom stereocenters. The number of benzene rings is 2. The van der Waals surface area contributed by atoms with Crippen molar-refractivity contribution in [2.75, 3.05) is 18.0 Å². The van der Waals surface area contributed by atoms with Crippen LogP contribution in [0.5, 0.6) is 5.75 Å². The van der Waals surface area contributed by atoms with Gasteiger partial charge in [-0.25, -0.2) is 13.1 Å². The molecule has 0 spiro atoms. The highest BCUT2D eigenvalue weighted by atomic mass is 35.5. The lowest BCUT2D eigenvalue weighted by Crippen LogP contribution is -2.57. The highest BCUT2D eigenvalue weighted by Crippen LogP contribution is 2.50. The molecule has 240 valence electrons. The first-order chi connectivity index (χ1) is 20.8. The molecule has 2 aliphatic heterocycles. The zero-order valence-electron chi connectivity index (χ0n) is 24.6. The van der Waals surface area contributed by atoms with Crippen LogP contribution in [0, 0.1) is 11.8 Å². The highest BCUT2D eigenvalue weighted by Gasteiger charge is 2.61. The second-order valence-electron chi connectivity index (χ2n) is 12.0. The van der Waals surface area contributed by atoms with E-state index in [-0.39, 0.29) is 44.4 Å². The van der Waals surface area contributed by atoms with Crippen LogP contribution in [0.4, 0.5) is 18.9 Å². The van der Waals surface area contributed by atoms with Crippen molar-refractivity contribution in [3.05, 3.63) is 70.3 Å². The fraction of sp³-hybridized carbons (Fsp3) is 0.531. The van der Waals surface area contributed by atoms with Crippen LogP contribution in [0.1, 0.15) is 73.4 Å². The average Bonchev–Trinajstić information content (AvgIpc) is 2.97. The summed E-state index contributed by atoms with van der Waals surface area (Å²) in [6.07, 6.45) is 0.174. The number of nitrogens with zero attached hydrogens (tertiary/aromatic N) is 1. The monoisotopic (exact) mass is 654 g/mol. The number of halogens is 4. The van der Waals surface area contributed by atoms with Gasteiger partial charge < -0.3 is 14.7 Å². The number of ether oxygens (including phenoxy) is 1. The Morgan fingerprint density at radius 1 is 1.11 bits per heavy atom.